The summed E-state index contributed by atoms with van der Waals surface area (Å²) in [7, 11) is 1.64. The Morgan fingerprint density at radius 2 is 1.60 bits per heavy atom. The second-order valence-electron chi connectivity index (χ2n) is 6.96. The van der Waals surface area contributed by atoms with Gasteiger partial charge in [-0.05, 0) is 47.7 Å². The number of para-hydroxylation sites is 1. The lowest BCUT2D eigenvalue weighted by Gasteiger charge is -2.19. The fourth-order valence-corrected chi connectivity index (χ4v) is 2.59. The molecule has 0 saturated carbocycles. The molecule has 0 aromatic heterocycles. The largest absolute Gasteiger partial charge is 0.493 e. The van der Waals surface area contributed by atoms with Crippen molar-refractivity contribution in [2.45, 2.75) is 32.6 Å². The molecule has 0 saturated heterocycles. The molecule has 0 aliphatic heterocycles. The Morgan fingerprint density at radius 3 is 2.20 bits per heavy atom. The SMILES string of the molecule is COc1cccc(CCN)c1OCCOc1ccc(C(C)(C)C)cc1. The van der Waals surface area contributed by atoms with Gasteiger partial charge in [-0.15, -0.1) is 0 Å². The van der Waals surface area contributed by atoms with Gasteiger partial charge in [0.2, 0.25) is 0 Å². The molecule has 0 spiro atoms. The summed E-state index contributed by atoms with van der Waals surface area (Å²) < 4.78 is 17.1. The van der Waals surface area contributed by atoms with Crippen molar-refractivity contribution in [1.29, 1.82) is 0 Å². The van der Waals surface area contributed by atoms with E-state index in [0.717, 1.165) is 29.2 Å². The minimum atomic E-state index is 0.144. The van der Waals surface area contributed by atoms with Crippen LogP contribution in [0.25, 0.3) is 0 Å². The molecule has 2 aromatic rings. The van der Waals surface area contributed by atoms with E-state index < -0.39 is 0 Å². The molecule has 136 valence electrons. The van der Waals surface area contributed by atoms with Crippen LogP contribution in [0.3, 0.4) is 0 Å². The van der Waals surface area contributed by atoms with Gasteiger partial charge in [-0.3, -0.25) is 0 Å². The molecule has 2 N–H and O–H groups in total. The lowest BCUT2D eigenvalue weighted by molar-refractivity contribution is 0.210. The van der Waals surface area contributed by atoms with Crippen LogP contribution in [0.4, 0.5) is 0 Å². The Balaban J connectivity index is 1.91. The lowest BCUT2D eigenvalue weighted by atomic mass is 9.87. The van der Waals surface area contributed by atoms with Gasteiger partial charge < -0.3 is 19.9 Å². The van der Waals surface area contributed by atoms with Crippen LogP contribution in [-0.4, -0.2) is 26.9 Å². The van der Waals surface area contributed by atoms with Gasteiger partial charge in [0.1, 0.15) is 19.0 Å². The number of benzene rings is 2. The van der Waals surface area contributed by atoms with E-state index in [2.05, 4.69) is 32.9 Å². The van der Waals surface area contributed by atoms with Crippen molar-refractivity contribution in [3.8, 4) is 17.2 Å². The van der Waals surface area contributed by atoms with Crippen LogP contribution in [0.1, 0.15) is 31.9 Å². The predicted octanol–water partition coefficient (Wildman–Crippen LogP) is 3.95. The minimum Gasteiger partial charge on any atom is -0.493 e. The van der Waals surface area contributed by atoms with Crippen molar-refractivity contribution in [2.75, 3.05) is 26.9 Å². The second-order valence-corrected chi connectivity index (χ2v) is 6.96. The minimum absolute atomic E-state index is 0.144. The highest BCUT2D eigenvalue weighted by molar-refractivity contribution is 5.46. The van der Waals surface area contributed by atoms with Crippen LogP contribution in [0.15, 0.2) is 42.5 Å². The molecule has 0 fully saturated rings. The molecule has 2 rings (SSSR count). The summed E-state index contributed by atoms with van der Waals surface area (Å²) in [4.78, 5) is 0. The van der Waals surface area contributed by atoms with Crippen molar-refractivity contribution in [3.05, 3.63) is 53.6 Å². The maximum atomic E-state index is 5.91. The molecular formula is C21H29NO3. The first kappa shape index (κ1) is 19.1. The van der Waals surface area contributed by atoms with Crippen molar-refractivity contribution < 1.29 is 14.2 Å². The third-order valence-corrected chi connectivity index (χ3v) is 4.01. The summed E-state index contributed by atoms with van der Waals surface area (Å²) in [6.07, 6.45) is 0.752. The first-order valence-corrected chi connectivity index (χ1v) is 8.68. The molecule has 0 aliphatic carbocycles. The first-order chi connectivity index (χ1) is 12.0. The summed E-state index contributed by atoms with van der Waals surface area (Å²) in [6.45, 7) is 8.07. The quantitative estimate of drug-likeness (QED) is 0.737. The Kier molecular flexibility index (Phi) is 6.71. The fraction of sp³-hybridized carbons (Fsp3) is 0.429. The number of nitrogens with two attached hydrogens (primary N) is 1. The van der Waals surface area contributed by atoms with Crippen molar-refractivity contribution >= 4 is 0 Å². The summed E-state index contributed by atoms with van der Waals surface area (Å²) in [5.74, 6) is 2.32. The highest BCUT2D eigenvalue weighted by Gasteiger charge is 2.13. The zero-order valence-electron chi connectivity index (χ0n) is 15.7. The van der Waals surface area contributed by atoms with Crippen molar-refractivity contribution in [2.24, 2.45) is 5.73 Å². The number of hydrogen-bond donors (Lipinski definition) is 1. The molecule has 0 atom stereocenters. The van der Waals surface area contributed by atoms with Gasteiger partial charge >= 0.3 is 0 Å². The number of ether oxygens (including phenoxy) is 3. The normalized spacial score (nSPS) is 11.2. The average Bonchev–Trinajstić information content (AvgIpc) is 2.59. The molecule has 0 aliphatic rings. The van der Waals surface area contributed by atoms with E-state index in [1.807, 2.05) is 30.3 Å². The van der Waals surface area contributed by atoms with E-state index in [9.17, 15) is 0 Å². The highest BCUT2D eigenvalue weighted by Crippen LogP contribution is 2.31. The zero-order valence-corrected chi connectivity index (χ0v) is 15.7. The van der Waals surface area contributed by atoms with Crippen LogP contribution in [0, 0.1) is 0 Å². The van der Waals surface area contributed by atoms with Crippen LogP contribution in [0.5, 0.6) is 17.2 Å². The van der Waals surface area contributed by atoms with E-state index in [-0.39, 0.29) is 5.41 Å². The van der Waals surface area contributed by atoms with Gasteiger partial charge in [0.25, 0.3) is 0 Å². The van der Waals surface area contributed by atoms with Gasteiger partial charge in [-0.25, -0.2) is 0 Å². The molecular weight excluding hydrogens is 314 g/mol. The van der Waals surface area contributed by atoms with Gasteiger partial charge in [0, 0.05) is 0 Å². The Hall–Kier alpha value is -2.20. The third-order valence-electron chi connectivity index (χ3n) is 4.01. The number of hydrogen-bond acceptors (Lipinski definition) is 4. The molecule has 2 aromatic carbocycles. The van der Waals surface area contributed by atoms with Crippen LogP contribution in [-0.2, 0) is 11.8 Å². The van der Waals surface area contributed by atoms with Gasteiger partial charge in [-0.2, -0.15) is 0 Å². The molecule has 0 heterocycles. The maximum Gasteiger partial charge on any atom is 0.164 e. The molecule has 4 heteroatoms. The van der Waals surface area contributed by atoms with E-state index in [1.165, 1.54) is 5.56 Å². The number of methoxy groups -OCH3 is 1. The van der Waals surface area contributed by atoms with E-state index in [1.54, 1.807) is 7.11 Å². The maximum absolute atomic E-state index is 5.91. The van der Waals surface area contributed by atoms with E-state index in [0.29, 0.717) is 19.8 Å². The second kappa shape index (κ2) is 8.77. The third kappa shape index (κ3) is 5.40. The Morgan fingerprint density at radius 1 is 0.920 bits per heavy atom. The number of rotatable bonds is 8. The highest BCUT2D eigenvalue weighted by atomic mass is 16.5. The first-order valence-electron chi connectivity index (χ1n) is 8.68. The van der Waals surface area contributed by atoms with E-state index >= 15 is 0 Å². The van der Waals surface area contributed by atoms with E-state index in [4.69, 9.17) is 19.9 Å². The predicted molar refractivity (Wildman–Crippen MR) is 102 cm³/mol. The molecule has 0 amide bonds. The summed E-state index contributed by atoms with van der Waals surface area (Å²) in [5.41, 5.74) is 8.16. The van der Waals surface area contributed by atoms with Crippen LogP contribution in [0.2, 0.25) is 0 Å². The molecule has 0 unspecified atom stereocenters. The van der Waals surface area contributed by atoms with Crippen LogP contribution >= 0.6 is 0 Å². The standard InChI is InChI=1S/C21H29NO3/c1-21(2,3)17-8-10-18(11-9-17)24-14-15-25-20-16(12-13-22)6-5-7-19(20)23-4/h5-11H,12-15,22H2,1-4H3. The van der Waals surface area contributed by atoms with Gasteiger partial charge in [0.15, 0.2) is 11.5 Å². The van der Waals surface area contributed by atoms with Crippen LogP contribution < -0.4 is 19.9 Å². The van der Waals surface area contributed by atoms with Crippen molar-refractivity contribution in [1.82, 2.24) is 0 Å². The smallest absolute Gasteiger partial charge is 0.164 e. The zero-order chi connectivity index (χ0) is 18.3. The Labute approximate surface area is 150 Å². The summed E-state index contributed by atoms with van der Waals surface area (Å²) in [5, 5.41) is 0. The topological polar surface area (TPSA) is 53.7 Å². The Bertz CT molecular complexity index is 660. The lowest BCUT2D eigenvalue weighted by Crippen LogP contribution is -2.13. The average molecular weight is 343 g/mol. The summed E-state index contributed by atoms with van der Waals surface area (Å²) in [6, 6.07) is 14.1. The van der Waals surface area contributed by atoms with Crippen molar-refractivity contribution in [3.63, 3.8) is 0 Å². The fourth-order valence-electron chi connectivity index (χ4n) is 2.59. The van der Waals surface area contributed by atoms with Gasteiger partial charge in [-0.1, -0.05) is 45.0 Å². The molecule has 0 bridgehead atoms. The molecule has 4 nitrogen and oxygen atoms in total. The summed E-state index contributed by atoms with van der Waals surface area (Å²) >= 11 is 0. The van der Waals surface area contributed by atoms with Gasteiger partial charge in [0.05, 0.1) is 7.11 Å². The molecule has 25 heavy (non-hydrogen) atoms. The molecule has 0 radical (unpaired) electrons. The monoisotopic (exact) mass is 343 g/mol.